The van der Waals surface area contributed by atoms with E-state index in [1.165, 1.54) is 36.3 Å². The number of benzene rings is 1. The van der Waals surface area contributed by atoms with Crippen molar-refractivity contribution in [1.82, 2.24) is 23.8 Å². The van der Waals surface area contributed by atoms with Crippen molar-refractivity contribution < 1.29 is 28.2 Å². The summed E-state index contributed by atoms with van der Waals surface area (Å²) in [5.74, 6) is -1.58. The van der Waals surface area contributed by atoms with E-state index >= 15 is 8.78 Å². The van der Waals surface area contributed by atoms with Crippen LogP contribution >= 0.6 is 0 Å². The van der Waals surface area contributed by atoms with Gasteiger partial charge in [-0.25, -0.2) is 23.5 Å². The number of hydrogen-bond donors (Lipinski definition) is 1. The van der Waals surface area contributed by atoms with Gasteiger partial charge >= 0.3 is 6.09 Å². The molecule has 1 aliphatic rings. The third kappa shape index (κ3) is 4.86. The van der Waals surface area contributed by atoms with Crippen molar-refractivity contribution in [2.24, 2.45) is 0 Å². The first-order valence-corrected chi connectivity index (χ1v) is 12.2. The van der Waals surface area contributed by atoms with Crippen molar-refractivity contribution in [3.8, 4) is 16.9 Å². The molecule has 1 aliphatic heterocycles. The van der Waals surface area contributed by atoms with E-state index in [9.17, 15) is 9.90 Å². The summed E-state index contributed by atoms with van der Waals surface area (Å²) in [6.07, 6.45) is 4.13. The van der Waals surface area contributed by atoms with Crippen LogP contribution in [0.25, 0.3) is 22.6 Å². The minimum Gasteiger partial charge on any atom is -0.453 e. The number of aliphatic hydroxyl groups is 1. The van der Waals surface area contributed by atoms with Crippen LogP contribution in [0.15, 0.2) is 43.0 Å². The molecule has 5 rings (SSSR count). The summed E-state index contributed by atoms with van der Waals surface area (Å²) in [6, 6.07) is 6.15. The van der Waals surface area contributed by atoms with Gasteiger partial charge in [-0.05, 0) is 50.6 Å². The van der Waals surface area contributed by atoms with E-state index in [1.54, 1.807) is 23.1 Å². The first-order valence-electron chi connectivity index (χ1n) is 12.2. The predicted octanol–water partition coefficient (Wildman–Crippen LogP) is 4.01. The molecule has 0 spiro atoms. The van der Waals surface area contributed by atoms with Crippen molar-refractivity contribution in [2.45, 2.75) is 38.9 Å². The van der Waals surface area contributed by atoms with E-state index in [-0.39, 0.29) is 29.9 Å². The van der Waals surface area contributed by atoms with Crippen LogP contribution in [0.4, 0.5) is 13.6 Å². The van der Waals surface area contributed by atoms with Crippen LogP contribution in [0.5, 0.6) is 0 Å². The molecule has 0 radical (unpaired) electrons. The standard InChI is InChI=1S/C27H29F2N5O4/c1-16-5-6-34-21(12-18-13-32(7-8-38-18)26(35)37-4)25(31-23(34)9-16)24-19(28)10-17(11-20(24)29)33-14-22(30-15-33)27(2,3)36/h5-6,9-11,14-15,18,36H,7-8,12-13H2,1-4H3. The average Bonchev–Trinajstić information content (AvgIpc) is 3.49. The molecule has 11 heteroatoms. The highest BCUT2D eigenvalue weighted by Crippen LogP contribution is 2.33. The molecule has 38 heavy (non-hydrogen) atoms. The Morgan fingerprint density at radius 1 is 1.26 bits per heavy atom. The number of pyridine rings is 1. The summed E-state index contributed by atoms with van der Waals surface area (Å²) >= 11 is 0. The molecule has 1 atom stereocenters. The Morgan fingerprint density at radius 2 is 2.00 bits per heavy atom. The number of aromatic nitrogens is 4. The Balaban J connectivity index is 1.56. The number of rotatable bonds is 5. The molecule has 1 amide bonds. The lowest BCUT2D eigenvalue weighted by atomic mass is 10.0. The minimum atomic E-state index is -1.20. The monoisotopic (exact) mass is 525 g/mol. The zero-order chi connectivity index (χ0) is 27.2. The Kier molecular flexibility index (Phi) is 6.66. The van der Waals surface area contributed by atoms with Gasteiger partial charge in [-0.15, -0.1) is 0 Å². The number of ether oxygens (including phenoxy) is 2. The smallest absolute Gasteiger partial charge is 0.409 e. The van der Waals surface area contributed by atoms with Gasteiger partial charge in [0.05, 0.1) is 61.0 Å². The zero-order valence-corrected chi connectivity index (χ0v) is 21.6. The fourth-order valence-corrected chi connectivity index (χ4v) is 4.66. The number of imidazole rings is 2. The molecule has 200 valence electrons. The van der Waals surface area contributed by atoms with Gasteiger partial charge in [-0.1, -0.05) is 0 Å². The van der Waals surface area contributed by atoms with Crippen molar-refractivity contribution in [3.63, 3.8) is 0 Å². The van der Waals surface area contributed by atoms with E-state index < -0.39 is 29.4 Å². The maximum atomic E-state index is 15.6. The van der Waals surface area contributed by atoms with Crippen LogP contribution in [-0.2, 0) is 21.5 Å². The lowest BCUT2D eigenvalue weighted by molar-refractivity contribution is -0.0241. The lowest BCUT2D eigenvalue weighted by Crippen LogP contribution is -2.46. The van der Waals surface area contributed by atoms with E-state index in [4.69, 9.17) is 9.47 Å². The fraction of sp³-hybridized carbons (Fsp3) is 0.370. The molecule has 1 saturated heterocycles. The van der Waals surface area contributed by atoms with E-state index in [0.717, 1.165) is 5.56 Å². The van der Waals surface area contributed by atoms with Crippen LogP contribution in [0, 0.1) is 18.6 Å². The third-order valence-corrected chi connectivity index (χ3v) is 6.64. The van der Waals surface area contributed by atoms with Gasteiger partial charge in [0, 0.05) is 25.4 Å². The Morgan fingerprint density at radius 3 is 2.66 bits per heavy atom. The van der Waals surface area contributed by atoms with Crippen molar-refractivity contribution in [3.05, 3.63) is 71.6 Å². The number of halogens is 2. The van der Waals surface area contributed by atoms with Crippen molar-refractivity contribution in [1.29, 1.82) is 0 Å². The normalized spacial score (nSPS) is 16.3. The number of nitrogens with zero attached hydrogens (tertiary/aromatic N) is 5. The summed E-state index contributed by atoms with van der Waals surface area (Å²) in [6.45, 7) is 6.07. The second-order valence-corrected chi connectivity index (χ2v) is 9.96. The molecule has 1 N–H and O–H groups in total. The average molecular weight is 526 g/mol. The molecule has 1 aromatic carbocycles. The fourth-order valence-electron chi connectivity index (χ4n) is 4.66. The quantitative estimate of drug-likeness (QED) is 0.423. The number of hydrogen-bond acceptors (Lipinski definition) is 6. The number of carbonyl (C=O) groups excluding carboxylic acids is 1. The summed E-state index contributed by atoms with van der Waals surface area (Å²) in [5.41, 5.74) is 1.36. The van der Waals surface area contributed by atoms with Crippen LogP contribution in [0.2, 0.25) is 0 Å². The minimum absolute atomic E-state index is 0.166. The number of aryl methyl sites for hydroxylation is 1. The van der Waals surface area contributed by atoms with E-state index in [0.29, 0.717) is 30.2 Å². The Labute approximate surface area is 218 Å². The van der Waals surface area contributed by atoms with Gasteiger partial charge in [-0.2, -0.15) is 0 Å². The largest absolute Gasteiger partial charge is 0.453 e. The number of amides is 1. The molecular weight excluding hydrogens is 496 g/mol. The molecule has 4 heterocycles. The highest BCUT2D eigenvalue weighted by Gasteiger charge is 2.29. The Bertz CT molecular complexity index is 1480. The van der Waals surface area contributed by atoms with Crippen LogP contribution in [0.1, 0.15) is 30.8 Å². The molecule has 0 bridgehead atoms. The van der Waals surface area contributed by atoms with E-state index in [1.807, 2.05) is 25.3 Å². The molecule has 9 nitrogen and oxygen atoms in total. The summed E-state index contributed by atoms with van der Waals surface area (Å²) < 4.78 is 45.2. The molecule has 4 aromatic rings. The highest BCUT2D eigenvalue weighted by atomic mass is 19.1. The van der Waals surface area contributed by atoms with Gasteiger partial charge in [0.1, 0.15) is 22.9 Å². The first kappa shape index (κ1) is 25.8. The summed E-state index contributed by atoms with van der Waals surface area (Å²) in [4.78, 5) is 22.4. The molecule has 1 unspecified atom stereocenters. The van der Waals surface area contributed by atoms with Crippen LogP contribution in [-0.4, -0.2) is 67.9 Å². The number of methoxy groups -OCH3 is 1. The van der Waals surface area contributed by atoms with Gasteiger partial charge in [0.25, 0.3) is 0 Å². The summed E-state index contributed by atoms with van der Waals surface area (Å²) in [5, 5.41) is 10.2. The molecular formula is C27H29F2N5O4. The maximum absolute atomic E-state index is 15.6. The summed E-state index contributed by atoms with van der Waals surface area (Å²) in [7, 11) is 1.32. The van der Waals surface area contributed by atoms with Gasteiger partial charge in [-0.3, -0.25) is 0 Å². The Hall–Kier alpha value is -3.83. The second-order valence-electron chi connectivity index (χ2n) is 9.96. The van der Waals surface area contributed by atoms with Crippen molar-refractivity contribution >= 4 is 11.7 Å². The maximum Gasteiger partial charge on any atom is 0.409 e. The molecule has 0 saturated carbocycles. The topological polar surface area (TPSA) is 94.1 Å². The SMILES string of the molecule is COC(=O)N1CCOC(Cc2c(-c3c(F)cc(-n4cnc(C(C)(C)O)c4)cc3F)nc3cc(C)ccn23)C1. The number of carbonyl (C=O) groups is 1. The van der Waals surface area contributed by atoms with Gasteiger partial charge < -0.3 is 28.4 Å². The molecule has 0 aliphatic carbocycles. The number of fused-ring (bicyclic) bond motifs is 1. The van der Waals surface area contributed by atoms with Crippen molar-refractivity contribution in [2.75, 3.05) is 26.8 Å². The first-order chi connectivity index (χ1) is 18.0. The number of morpholine rings is 1. The molecule has 3 aromatic heterocycles. The lowest BCUT2D eigenvalue weighted by Gasteiger charge is -2.32. The predicted molar refractivity (Wildman–Crippen MR) is 135 cm³/mol. The zero-order valence-electron chi connectivity index (χ0n) is 21.6. The van der Waals surface area contributed by atoms with Crippen LogP contribution < -0.4 is 0 Å². The molecule has 1 fully saturated rings. The van der Waals surface area contributed by atoms with Gasteiger partial charge in [0.2, 0.25) is 0 Å². The van der Waals surface area contributed by atoms with E-state index in [2.05, 4.69) is 9.97 Å². The van der Waals surface area contributed by atoms with Gasteiger partial charge in [0.15, 0.2) is 0 Å². The second kappa shape index (κ2) is 9.80. The van der Waals surface area contributed by atoms with Crippen LogP contribution in [0.3, 0.4) is 0 Å². The third-order valence-electron chi connectivity index (χ3n) is 6.64. The highest BCUT2D eigenvalue weighted by molar-refractivity contribution is 5.70.